The fourth-order valence-electron chi connectivity index (χ4n) is 3.87. The Kier molecular flexibility index (Phi) is 6.37. The third kappa shape index (κ3) is 4.30. The van der Waals surface area contributed by atoms with Gasteiger partial charge in [-0.05, 0) is 50.5 Å². The minimum absolute atomic E-state index is 0.200. The summed E-state index contributed by atoms with van der Waals surface area (Å²) in [5.74, 6) is -0.116. The van der Waals surface area contributed by atoms with E-state index < -0.39 is 15.9 Å². The highest BCUT2D eigenvalue weighted by molar-refractivity contribution is 7.89. The van der Waals surface area contributed by atoms with Gasteiger partial charge in [-0.3, -0.25) is 4.79 Å². The summed E-state index contributed by atoms with van der Waals surface area (Å²) in [5, 5.41) is 7.26. The monoisotopic (exact) mass is 473 g/mol. The Morgan fingerprint density at radius 1 is 1.09 bits per heavy atom. The molecule has 2 aromatic carbocycles. The Labute approximate surface area is 192 Å². The lowest BCUT2D eigenvalue weighted by Gasteiger charge is -2.26. The van der Waals surface area contributed by atoms with Crippen LogP contribution in [-0.4, -0.2) is 36.9 Å². The van der Waals surface area contributed by atoms with Crippen LogP contribution in [0.3, 0.4) is 0 Å². The van der Waals surface area contributed by atoms with E-state index in [-0.39, 0.29) is 10.5 Å². The van der Waals surface area contributed by atoms with Crippen LogP contribution in [0.1, 0.15) is 40.9 Å². The number of halogens is 1. The number of amides is 1. The smallest absolute Gasteiger partial charge is 0.261 e. The Hall–Kier alpha value is -2.68. The van der Waals surface area contributed by atoms with Gasteiger partial charge in [0.2, 0.25) is 10.0 Å². The largest absolute Gasteiger partial charge is 0.360 e. The third-order valence-electron chi connectivity index (χ3n) is 5.60. The van der Waals surface area contributed by atoms with Crippen molar-refractivity contribution in [3.05, 3.63) is 64.4 Å². The molecular formula is C23H24ClN3O4S. The normalized spacial score (nSPS) is 15.0. The van der Waals surface area contributed by atoms with E-state index in [1.807, 2.05) is 0 Å². The van der Waals surface area contributed by atoms with Gasteiger partial charge in [0, 0.05) is 24.3 Å². The molecule has 168 valence electrons. The quantitative estimate of drug-likeness (QED) is 0.560. The van der Waals surface area contributed by atoms with Gasteiger partial charge in [0.25, 0.3) is 5.91 Å². The number of aromatic nitrogens is 1. The van der Waals surface area contributed by atoms with E-state index in [0.717, 1.165) is 19.3 Å². The predicted octanol–water partition coefficient (Wildman–Crippen LogP) is 5.04. The number of nitrogens with one attached hydrogen (secondary N) is 1. The highest BCUT2D eigenvalue weighted by Crippen LogP contribution is 2.32. The maximum atomic E-state index is 13.2. The van der Waals surface area contributed by atoms with Crippen molar-refractivity contribution in [1.82, 2.24) is 9.46 Å². The van der Waals surface area contributed by atoms with Crippen LogP contribution >= 0.6 is 11.6 Å². The molecule has 1 amide bonds. The number of sulfonamides is 1. The van der Waals surface area contributed by atoms with Gasteiger partial charge >= 0.3 is 0 Å². The van der Waals surface area contributed by atoms with Gasteiger partial charge in [-0.15, -0.1) is 0 Å². The van der Waals surface area contributed by atoms with E-state index in [1.54, 1.807) is 50.2 Å². The number of anilines is 1. The minimum Gasteiger partial charge on any atom is -0.360 e. The molecule has 1 saturated heterocycles. The van der Waals surface area contributed by atoms with Gasteiger partial charge in [-0.2, -0.15) is 4.31 Å². The van der Waals surface area contributed by atoms with E-state index in [4.69, 9.17) is 16.1 Å². The van der Waals surface area contributed by atoms with E-state index in [0.29, 0.717) is 46.4 Å². The Balaban J connectivity index is 1.65. The van der Waals surface area contributed by atoms with Crippen molar-refractivity contribution in [3.63, 3.8) is 0 Å². The molecule has 4 rings (SSSR count). The average molecular weight is 474 g/mol. The Bertz CT molecular complexity index is 1260. The molecule has 1 fully saturated rings. The first-order chi connectivity index (χ1) is 15.3. The van der Waals surface area contributed by atoms with Crippen molar-refractivity contribution in [2.24, 2.45) is 0 Å². The van der Waals surface area contributed by atoms with Crippen molar-refractivity contribution in [1.29, 1.82) is 0 Å². The number of carbonyl (C=O) groups excluding carboxylic acids is 1. The predicted molar refractivity (Wildman–Crippen MR) is 123 cm³/mol. The molecule has 1 N–H and O–H groups in total. The van der Waals surface area contributed by atoms with Gasteiger partial charge in [0.1, 0.15) is 17.0 Å². The van der Waals surface area contributed by atoms with E-state index in [2.05, 4.69) is 10.5 Å². The summed E-state index contributed by atoms with van der Waals surface area (Å²) in [6, 6.07) is 11.9. The van der Waals surface area contributed by atoms with E-state index in [1.165, 1.54) is 10.4 Å². The Morgan fingerprint density at radius 3 is 2.53 bits per heavy atom. The second-order valence-electron chi connectivity index (χ2n) is 7.84. The highest BCUT2D eigenvalue weighted by Gasteiger charge is 2.28. The van der Waals surface area contributed by atoms with Crippen LogP contribution < -0.4 is 5.32 Å². The number of nitrogens with zero attached hydrogens (tertiary/aromatic N) is 2. The number of aryl methyl sites for hydroxylation is 2. The van der Waals surface area contributed by atoms with Crippen LogP contribution in [0.4, 0.5) is 5.69 Å². The lowest BCUT2D eigenvalue weighted by molar-refractivity contribution is 0.102. The molecule has 1 aliphatic rings. The maximum absolute atomic E-state index is 13.2. The van der Waals surface area contributed by atoms with Gasteiger partial charge in [0.05, 0.1) is 9.92 Å². The number of carbonyl (C=O) groups is 1. The lowest BCUT2D eigenvalue weighted by Crippen LogP contribution is -2.36. The topological polar surface area (TPSA) is 92.5 Å². The maximum Gasteiger partial charge on any atom is 0.261 e. The fourth-order valence-corrected chi connectivity index (χ4v) is 5.86. The number of hydrogen-bond donors (Lipinski definition) is 1. The van der Waals surface area contributed by atoms with Crippen LogP contribution in [0.15, 0.2) is 51.9 Å². The summed E-state index contributed by atoms with van der Waals surface area (Å²) in [4.78, 5) is 13.3. The lowest BCUT2D eigenvalue weighted by atomic mass is 10.1. The first-order valence-corrected chi connectivity index (χ1v) is 12.2. The van der Waals surface area contributed by atoms with Crippen LogP contribution in [-0.2, 0) is 10.0 Å². The van der Waals surface area contributed by atoms with Gasteiger partial charge in [-0.1, -0.05) is 47.4 Å². The van der Waals surface area contributed by atoms with E-state index in [9.17, 15) is 13.2 Å². The molecule has 0 bridgehead atoms. The van der Waals surface area contributed by atoms with Crippen molar-refractivity contribution in [3.8, 4) is 11.3 Å². The van der Waals surface area contributed by atoms with Crippen LogP contribution in [0, 0.1) is 13.8 Å². The second kappa shape index (κ2) is 9.05. The standard InChI is InChI=1S/C23H24ClN3O4S/c1-15-10-11-17(14-20(15)32(29,30)27-12-6-3-7-13-27)25-23(28)21-16(2)31-26-22(21)18-8-4-5-9-19(18)24/h4-5,8-11,14H,3,6-7,12-13H2,1-2H3,(H,25,28). The molecule has 0 spiro atoms. The summed E-state index contributed by atoms with van der Waals surface area (Å²) < 4.78 is 33.1. The SMILES string of the molecule is Cc1ccc(NC(=O)c2c(-c3ccccc3Cl)noc2C)cc1S(=O)(=O)N1CCCCC1. The number of hydrogen-bond acceptors (Lipinski definition) is 5. The zero-order valence-electron chi connectivity index (χ0n) is 17.9. The number of benzene rings is 2. The first kappa shape index (κ1) is 22.5. The molecule has 1 aromatic heterocycles. The van der Waals surface area contributed by atoms with Crippen LogP contribution in [0.5, 0.6) is 0 Å². The zero-order valence-corrected chi connectivity index (χ0v) is 19.5. The molecule has 32 heavy (non-hydrogen) atoms. The molecular weight excluding hydrogens is 450 g/mol. The summed E-state index contributed by atoms with van der Waals surface area (Å²) in [7, 11) is -3.64. The molecule has 7 nitrogen and oxygen atoms in total. The molecule has 1 aliphatic heterocycles. The van der Waals surface area contributed by atoms with Crippen molar-refractivity contribution >= 4 is 33.2 Å². The number of piperidine rings is 1. The fraction of sp³-hybridized carbons (Fsp3) is 0.304. The highest BCUT2D eigenvalue weighted by atomic mass is 35.5. The van der Waals surface area contributed by atoms with Gasteiger partial charge in [0.15, 0.2) is 0 Å². The molecule has 0 aliphatic carbocycles. The van der Waals surface area contributed by atoms with Crippen LogP contribution in [0.2, 0.25) is 5.02 Å². The summed E-state index contributed by atoms with van der Waals surface area (Å²) in [6.45, 7) is 4.42. The van der Waals surface area contributed by atoms with Gasteiger partial charge < -0.3 is 9.84 Å². The second-order valence-corrected chi connectivity index (χ2v) is 10.2. The number of rotatable bonds is 5. The molecule has 0 saturated carbocycles. The summed E-state index contributed by atoms with van der Waals surface area (Å²) >= 11 is 6.28. The molecule has 9 heteroatoms. The molecule has 0 atom stereocenters. The minimum atomic E-state index is -3.64. The molecule has 2 heterocycles. The Morgan fingerprint density at radius 2 is 1.81 bits per heavy atom. The summed E-state index contributed by atoms with van der Waals surface area (Å²) in [6.07, 6.45) is 2.74. The van der Waals surface area contributed by atoms with Crippen LogP contribution in [0.25, 0.3) is 11.3 Å². The zero-order chi connectivity index (χ0) is 22.9. The van der Waals surface area contributed by atoms with Crippen molar-refractivity contribution in [2.75, 3.05) is 18.4 Å². The first-order valence-electron chi connectivity index (χ1n) is 10.4. The van der Waals surface area contributed by atoms with Gasteiger partial charge in [-0.25, -0.2) is 8.42 Å². The molecule has 0 radical (unpaired) electrons. The third-order valence-corrected chi connectivity index (χ3v) is 7.97. The molecule has 3 aromatic rings. The van der Waals surface area contributed by atoms with E-state index >= 15 is 0 Å². The van der Waals surface area contributed by atoms with Crippen molar-refractivity contribution < 1.29 is 17.7 Å². The summed E-state index contributed by atoms with van der Waals surface area (Å²) in [5.41, 5.74) is 2.17. The molecule has 0 unspecified atom stereocenters. The average Bonchev–Trinajstić information content (AvgIpc) is 3.17. The van der Waals surface area contributed by atoms with Crippen molar-refractivity contribution in [2.45, 2.75) is 38.0 Å².